The van der Waals surface area contributed by atoms with Crippen molar-refractivity contribution in [3.8, 4) is 11.1 Å². The van der Waals surface area contributed by atoms with Gasteiger partial charge in [-0.25, -0.2) is 13.1 Å². The molecule has 8 heteroatoms. The van der Waals surface area contributed by atoms with Crippen LogP contribution in [0.15, 0.2) is 83.8 Å². The van der Waals surface area contributed by atoms with Crippen molar-refractivity contribution in [3.63, 3.8) is 0 Å². The topological polar surface area (TPSA) is 65.5 Å². The molecule has 1 saturated heterocycles. The zero-order valence-corrected chi connectivity index (χ0v) is 21.7. The van der Waals surface area contributed by atoms with Crippen molar-refractivity contribution in [2.45, 2.75) is 11.3 Å². The minimum Gasteiger partial charge on any atom is -0.353 e. The van der Waals surface area contributed by atoms with Crippen LogP contribution in [0, 0.1) is 11.8 Å². The molecule has 2 atom stereocenters. The summed E-state index contributed by atoms with van der Waals surface area (Å²) in [4.78, 5) is 5.25. The molecule has 6 rings (SSSR count). The summed E-state index contributed by atoms with van der Waals surface area (Å²) in [7, 11) is -3.53. The molecule has 0 spiro atoms. The second-order valence-corrected chi connectivity index (χ2v) is 12.4. The molecule has 2 aliphatic rings. The number of benzene rings is 3. The molecule has 0 radical (unpaired) electrons. The third kappa shape index (κ3) is 5.04. The van der Waals surface area contributed by atoms with E-state index in [4.69, 9.17) is 4.37 Å². The zero-order chi connectivity index (χ0) is 24.5. The van der Waals surface area contributed by atoms with Gasteiger partial charge in [0, 0.05) is 44.7 Å². The lowest BCUT2D eigenvalue weighted by Gasteiger charge is -2.35. The average Bonchev–Trinajstić information content (AvgIpc) is 3.52. The molecule has 3 aromatic carbocycles. The van der Waals surface area contributed by atoms with E-state index in [9.17, 15) is 8.42 Å². The SMILES string of the molecule is O=S(=O)(NCC1CC1CN1CCN(c2nsc3ccccc23)CC1)c1cccc(-c2ccccc2)c1. The molecule has 2 fully saturated rings. The fraction of sp³-hybridized carbons (Fsp3) is 0.321. The molecule has 0 amide bonds. The number of aromatic nitrogens is 1. The van der Waals surface area contributed by atoms with Crippen LogP contribution in [-0.4, -0.2) is 57.0 Å². The number of hydrogen-bond donors (Lipinski definition) is 1. The summed E-state index contributed by atoms with van der Waals surface area (Å²) in [6, 6.07) is 25.5. The van der Waals surface area contributed by atoms with Crippen LogP contribution in [0.2, 0.25) is 0 Å². The molecule has 0 bridgehead atoms. The van der Waals surface area contributed by atoms with E-state index in [0.29, 0.717) is 23.3 Å². The van der Waals surface area contributed by atoms with Crippen LogP contribution in [0.3, 0.4) is 0 Å². The van der Waals surface area contributed by atoms with Gasteiger partial charge < -0.3 is 4.90 Å². The second kappa shape index (κ2) is 9.94. The van der Waals surface area contributed by atoms with E-state index in [1.807, 2.05) is 42.5 Å². The third-order valence-electron chi connectivity index (χ3n) is 7.38. The van der Waals surface area contributed by atoms with E-state index >= 15 is 0 Å². The molecule has 2 unspecified atom stereocenters. The Morgan fingerprint density at radius 1 is 0.861 bits per heavy atom. The third-order valence-corrected chi connectivity index (χ3v) is 9.62. The number of piperazine rings is 1. The number of nitrogens with zero attached hydrogens (tertiary/aromatic N) is 3. The lowest BCUT2D eigenvalue weighted by Crippen LogP contribution is -2.47. The summed E-state index contributed by atoms with van der Waals surface area (Å²) in [5.74, 6) is 2.10. The Morgan fingerprint density at radius 3 is 2.44 bits per heavy atom. The first-order valence-electron chi connectivity index (χ1n) is 12.5. The largest absolute Gasteiger partial charge is 0.353 e. The van der Waals surface area contributed by atoms with Crippen molar-refractivity contribution in [1.82, 2.24) is 14.0 Å². The Morgan fingerprint density at radius 2 is 1.61 bits per heavy atom. The quantitative estimate of drug-likeness (QED) is 0.366. The summed E-state index contributed by atoms with van der Waals surface area (Å²) in [5, 5.41) is 1.25. The summed E-state index contributed by atoms with van der Waals surface area (Å²) in [5.41, 5.74) is 1.92. The lowest BCUT2D eigenvalue weighted by atomic mass is 10.1. The van der Waals surface area contributed by atoms with E-state index in [1.165, 1.54) is 10.1 Å². The van der Waals surface area contributed by atoms with Crippen molar-refractivity contribution >= 4 is 37.5 Å². The van der Waals surface area contributed by atoms with Crippen molar-refractivity contribution < 1.29 is 8.42 Å². The lowest BCUT2D eigenvalue weighted by molar-refractivity contribution is 0.243. The molecular weight excluding hydrogens is 488 g/mol. The number of anilines is 1. The summed E-state index contributed by atoms with van der Waals surface area (Å²) in [6.45, 7) is 5.56. The first-order chi connectivity index (χ1) is 17.6. The smallest absolute Gasteiger partial charge is 0.240 e. The average molecular weight is 519 g/mol. The standard InChI is InChI=1S/C28H30N4O2S2/c33-36(34,25-10-6-9-22(18-25)21-7-2-1-3-8-21)29-19-23-17-24(23)20-31-13-15-32(16-14-31)28-26-11-4-5-12-27(26)35-30-28/h1-12,18,23-24,29H,13-17,19-20H2. The van der Waals surface area contributed by atoms with Crippen LogP contribution in [0.4, 0.5) is 5.82 Å². The number of rotatable bonds is 8. The van der Waals surface area contributed by atoms with E-state index in [2.05, 4.69) is 38.8 Å². The van der Waals surface area contributed by atoms with Crippen LogP contribution < -0.4 is 9.62 Å². The van der Waals surface area contributed by atoms with Gasteiger partial charge in [0.2, 0.25) is 10.0 Å². The molecular formula is C28H30N4O2S2. The monoisotopic (exact) mass is 518 g/mol. The van der Waals surface area contributed by atoms with Gasteiger partial charge in [0.1, 0.15) is 5.82 Å². The summed E-state index contributed by atoms with van der Waals surface area (Å²) in [6.07, 6.45) is 1.09. The molecule has 1 aliphatic heterocycles. The number of hydrogen-bond acceptors (Lipinski definition) is 6. The van der Waals surface area contributed by atoms with Crippen LogP contribution >= 0.6 is 11.5 Å². The first-order valence-corrected chi connectivity index (χ1v) is 14.8. The Hall–Kier alpha value is -2.78. The maximum atomic E-state index is 13.0. The van der Waals surface area contributed by atoms with Gasteiger partial charge in [-0.15, -0.1) is 0 Å². The highest BCUT2D eigenvalue weighted by Gasteiger charge is 2.39. The summed E-state index contributed by atoms with van der Waals surface area (Å²) < 4.78 is 34.7. The molecule has 1 saturated carbocycles. The van der Waals surface area contributed by atoms with Gasteiger partial charge in [0.05, 0.1) is 9.60 Å². The van der Waals surface area contributed by atoms with Crippen LogP contribution in [-0.2, 0) is 10.0 Å². The van der Waals surface area contributed by atoms with Gasteiger partial charge in [-0.05, 0) is 65.2 Å². The van der Waals surface area contributed by atoms with E-state index in [0.717, 1.165) is 56.1 Å². The Labute approximate surface area is 216 Å². The highest BCUT2D eigenvalue weighted by atomic mass is 32.2. The van der Waals surface area contributed by atoms with Crippen molar-refractivity contribution in [2.24, 2.45) is 11.8 Å². The fourth-order valence-corrected chi connectivity index (χ4v) is 7.07. The van der Waals surface area contributed by atoms with Gasteiger partial charge in [0.25, 0.3) is 0 Å². The highest BCUT2D eigenvalue weighted by Crippen LogP contribution is 2.39. The minimum absolute atomic E-state index is 0.326. The Bertz CT molecular complexity index is 1450. The molecule has 4 aromatic rings. The Kier molecular flexibility index (Phi) is 6.52. The maximum Gasteiger partial charge on any atom is 0.240 e. The normalized spacial score (nSPS) is 20.6. The molecule has 1 N–H and O–H groups in total. The van der Waals surface area contributed by atoms with Gasteiger partial charge in [-0.3, -0.25) is 4.90 Å². The van der Waals surface area contributed by atoms with Crippen molar-refractivity contribution in [3.05, 3.63) is 78.9 Å². The van der Waals surface area contributed by atoms with Crippen LogP contribution in [0.25, 0.3) is 21.2 Å². The molecule has 2 heterocycles. The number of fused-ring (bicyclic) bond motifs is 1. The van der Waals surface area contributed by atoms with Crippen LogP contribution in [0.1, 0.15) is 6.42 Å². The number of nitrogens with one attached hydrogen (secondary N) is 1. The van der Waals surface area contributed by atoms with Gasteiger partial charge in [-0.2, -0.15) is 4.37 Å². The molecule has 36 heavy (non-hydrogen) atoms. The summed E-state index contributed by atoms with van der Waals surface area (Å²) >= 11 is 1.57. The molecule has 1 aliphatic carbocycles. The number of sulfonamides is 1. The predicted octanol–water partition coefficient (Wildman–Crippen LogP) is 4.70. The predicted molar refractivity (Wildman–Crippen MR) is 147 cm³/mol. The van der Waals surface area contributed by atoms with Gasteiger partial charge in [-0.1, -0.05) is 54.6 Å². The molecule has 6 nitrogen and oxygen atoms in total. The second-order valence-electron chi connectivity index (χ2n) is 9.79. The van der Waals surface area contributed by atoms with E-state index in [1.54, 1.807) is 23.7 Å². The highest BCUT2D eigenvalue weighted by molar-refractivity contribution is 7.89. The molecule has 186 valence electrons. The first kappa shape index (κ1) is 23.6. The van der Waals surface area contributed by atoms with Gasteiger partial charge in [0.15, 0.2) is 0 Å². The van der Waals surface area contributed by atoms with E-state index < -0.39 is 10.0 Å². The molecule has 1 aromatic heterocycles. The van der Waals surface area contributed by atoms with Gasteiger partial charge >= 0.3 is 0 Å². The zero-order valence-electron chi connectivity index (χ0n) is 20.1. The fourth-order valence-electron chi connectivity index (χ4n) is 5.13. The van der Waals surface area contributed by atoms with Crippen molar-refractivity contribution in [1.29, 1.82) is 0 Å². The minimum atomic E-state index is -3.53. The van der Waals surface area contributed by atoms with E-state index in [-0.39, 0.29) is 0 Å². The van der Waals surface area contributed by atoms with Crippen LogP contribution in [0.5, 0.6) is 0 Å². The maximum absolute atomic E-state index is 13.0. The Balaban J connectivity index is 0.993. The van der Waals surface area contributed by atoms with Crippen molar-refractivity contribution in [2.75, 3.05) is 44.2 Å².